The maximum absolute atomic E-state index is 13.0. The molecule has 2 heterocycles. The zero-order chi connectivity index (χ0) is 27.7. The average molecular weight is 550 g/mol. The highest BCUT2D eigenvalue weighted by Gasteiger charge is 2.38. The minimum absolute atomic E-state index is 0.0256. The van der Waals surface area contributed by atoms with Gasteiger partial charge in [0.25, 0.3) is 5.91 Å². The van der Waals surface area contributed by atoms with Gasteiger partial charge in [0, 0.05) is 16.9 Å². The highest BCUT2D eigenvalue weighted by atomic mass is 32.2. The number of hydrogen-bond donors (Lipinski definition) is 2. The third-order valence-corrected chi connectivity index (χ3v) is 8.99. The van der Waals surface area contributed by atoms with Crippen LogP contribution < -0.4 is 15.4 Å². The first-order valence-corrected chi connectivity index (χ1v) is 14.0. The van der Waals surface area contributed by atoms with Crippen LogP contribution in [0.25, 0.3) is 10.9 Å². The standard InChI is InChI=1S/C26H30F3N5O3S/c1-5-17-6-7-19(21(9-17)37-11-22(35)30-12-26(27,28)29)33-24-23-16(2)8-18(10-20(23)31-15-32-24)34-38(36)13-25(3,4)14-38/h6-10,15H,5,11-14H2,1-4H3,(H,30,35)(H,31,32,33). The molecule has 0 spiro atoms. The van der Waals surface area contributed by atoms with E-state index in [1.807, 2.05) is 26.0 Å². The largest absolute Gasteiger partial charge is 0.482 e. The van der Waals surface area contributed by atoms with E-state index < -0.39 is 35.0 Å². The van der Waals surface area contributed by atoms with E-state index in [4.69, 9.17) is 4.74 Å². The fraction of sp³-hybridized carbons (Fsp3) is 0.423. The van der Waals surface area contributed by atoms with Crippen LogP contribution in [0.15, 0.2) is 41.0 Å². The Kier molecular flexibility index (Phi) is 7.55. The monoisotopic (exact) mass is 549 g/mol. The van der Waals surface area contributed by atoms with Gasteiger partial charge in [-0.2, -0.15) is 17.5 Å². The number of carbonyl (C=O) groups excluding carboxylic acids is 1. The van der Waals surface area contributed by atoms with Gasteiger partial charge in [-0.05, 0) is 54.2 Å². The number of nitrogens with zero attached hydrogens (tertiary/aromatic N) is 3. The molecule has 8 nitrogen and oxygen atoms in total. The number of halogens is 3. The van der Waals surface area contributed by atoms with Gasteiger partial charge in [0.1, 0.15) is 24.4 Å². The molecule has 1 aromatic heterocycles. The number of fused-ring (bicyclic) bond motifs is 1. The van der Waals surface area contributed by atoms with E-state index in [1.165, 1.54) is 6.33 Å². The highest BCUT2D eigenvalue weighted by molar-refractivity contribution is 7.95. The van der Waals surface area contributed by atoms with Crippen LogP contribution in [0.2, 0.25) is 0 Å². The number of alkyl halides is 3. The Balaban J connectivity index is 1.60. The minimum Gasteiger partial charge on any atom is -0.482 e. The van der Waals surface area contributed by atoms with Crippen molar-refractivity contribution < 1.29 is 26.9 Å². The molecule has 38 heavy (non-hydrogen) atoms. The Morgan fingerprint density at radius 1 is 1.18 bits per heavy atom. The van der Waals surface area contributed by atoms with Crippen molar-refractivity contribution in [2.24, 2.45) is 9.78 Å². The van der Waals surface area contributed by atoms with Gasteiger partial charge >= 0.3 is 6.18 Å². The van der Waals surface area contributed by atoms with Crippen LogP contribution in [0.3, 0.4) is 0 Å². The van der Waals surface area contributed by atoms with E-state index in [1.54, 1.807) is 23.5 Å². The van der Waals surface area contributed by atoms with Crippen LogP contribution in [0.1, 0.15) is 31.9 Å². The van der Waals surface area contributed by atoms with Crippen molar-refractivity contribution in [1.82, 2.24) is 15.3 Å². The number of benzene rings is 2. The summed E-state index contributed by atoms with van der Waals surface area (Å²) in [5.74, 6) is 0.996. The molecule has 12 heteroatoms. The van der Waals surface area contributed by atoms with Gasteiger partial charge in [0.2, 0.25) is 0 Å². The fourth-order valence-electron chi connectivity index (χ4n) is 4.49. The molecular formula is C26H30F3N5O3S. The Hall–Kier alpha value is -3.41. The van der Waals surface area contributed by atoms with Crippen molar-refractivity contribution >= 4 is 43.7 Å². The zero-order valence-electron chi connectivity index (χ0n) is 21.6. The van der Waals surface area contributed by atoms with Gasteiger partial charge in [-0.3, -0.25) is 4.79 Å². The lowest BCUT2D eigenvalue weighted by Crippen LogP contribution is -2.43. The molecule has 0 unspecified atom stereocenters. The van der Waals surface area contributed by atoms with E-state index in [0.717, 1.165) is 16.5 Å². The molecule has 1 saturated heterocycles. The van der Waals surface area contributed by atoms with E-state index in [0.29, 0.717) is 46.4 Å². The summed E-state index contributed by atoms with van der Waals surface area (Å²) in [5, 5.41) is 5.74. The molecule has 0 radical (unpaired) electrons. The SMILES string of the molecule is CCc1ccc(Nc2ncnc3cc(N=S4(=O)CC(C)(C)C4)cc(C)c23)c(OCC(=O)NCC(F)(F)F)c1. The number of carbonyl (C=O) groups is 1. The summed E-state index contributed by atoms with van der Waals surface area (Å²) in [6, 6.07) is 8.98. The highest BCUT2D eigenvalue weighted by Crippen LogP contribution is 2.37. The Morgan fingerprint density at radius 2 is 1.92 bits per heavy atom. The molecule has 2 N–H and O–H groups in total. The normalized spacial score (nSPS) is 16.0. The third kappa shape index (κ3) is 6.72. The zero-order valence-corrected chi connectivity index (χ0v) is 22.4. The number of rotatable bonds is 8. The fourth-order valence-corrected chi connectivity index (χ4v) is 7.46. The second kappa shape index (κ2) is 10.4. The molecule has 2 aromatic carbocycles. The van der Waals surface area contributed by atoms with Crippen LogP contribution >= 0.6 is 0 Å². The minimum atomic E-state index is -4.51. The molecular weight excluding hydrogens is 519 g/mol. The van der Waals surface area contributed by atoms with Crippen LogP contribution in [0.4, 0.5) is 30.4 Å². The number of aromatic nitrogens is 2. The molecule has 1 aliphatic rings. The number of anilines is 2. The summed E-state index contributed by atoms with van der Waals surface area (Å²) in [5.41, 5.74) is 3.47. The molecule has 3 aromatic rings. The summed E-state index contributed by atoms with van der Waals surface area (Å²) < 4.78 is 60.3. The maximum atomic E-state index is 13.0. The predicted octanol–water partition coefficient (Wildman–Crippen LogP) is 5.44. The molecule has 0 aliphatic carbocycles. The molecule has 1 aliphatic heterocycles. The maximum Gasteiger partial charge on any atom is 0.405 e. The molecule has 1 amide bonds. The van der Waals surface area contributed by atoms with E-state index in [-0.39, 0.29) is 5.41 Å². The second-order valence-corrected chi connectivity index (χ2v) is 12.5. The van der Waals surface area contributed by atoms with Crippen molar-refractivity contribution in [2.75, 3.05) is 30.0 Å². The molecule has 0 bridgehead atoms. The van der Waals surface area contributed by atoms with Gasteiger partial charge in [0.15, 0.2) is 6.61 Å². The smallest absolute Gasteiger partial charge is 0.405 e. The van der Waals surface area contributed by atoms with Gasteiger partial charge in [-0.1, -0.05) is 26.8 Å². The Labute approximate surface area is 219 Å². The van der Waals surface area contributed by atoms with Crippen molar-refractivity contribution in [3.63, 3.8) is 0 Å². The summed E-state index contributed by atoms with van der Waals surface area (Å²) in [4.78, 5) is 20.6. The molecule has 1 fully saturated rings. The lowest BCUT2D eigenvalue weighted by Gasteiger charge is -2.37. The summed E-state index contributed by atoms with van der Waals surface area (Å²) in [7, 11) is -2.28. The Morgan fingerprint density at radius 3 is 2.58 bits per heavy atom. The van der Waals surface area contributed by atoms with E-state index in [9.17, 15) is 22.2 Å². The van der Waals surface area contributed by atoms with Crippen LogP contribution in [0.5, 0.6) is 5.75 Å². The summed E-state index contributed by atoms with van der Waals surface area (Å²) in [6.45, 7) is 5.97. The van der Waals surface area contributed by atoms with E-state index >= 15 is 0 Å². The topological polar surface area (TPSA) is 106 Å². The first kappa shape index (κ1) is 27.6. The lowest BCUT2D eigenvalue weighted by molar-refractivity contribution is -0.139. The predicted molar refractivity (Wildman–Crippen MR) is 142 cm³/mol. The number of ether oxygens (including phenoxy) is 1. The van der Waals surface area contributed by atoms with Crippen LogP contribution in [-0.2, 0) is 20.9 Å². The van der Waals surface area contributed by atoms with Crippen molar-refractivity contribution in [3.05, 3.63) is 47.8 Å². The third-order valence-electron chi connectivity index (χ3n) is 5.98. The van der Waals surface area contributed by atoms with Crippen molar-refractivity contribution in [3.8, 4) is 5.75 Å². The number of amides is 1. The number of aryl methyl sites for hydroxylation is 2. The molecule has 4 rings (SSSR count). The molecule has 0 atom stereocenters. The number of nitrogens with one attached hydrogen (secondary N) is 2. The van der Waals surface area contributed by atoms with Crippen molar-refractivity contribution in [2.45, 2.75) is 40.3 Å². The number of hydrogen-bond acceptors (Lipinski definition) is 7. The molecule has 0 saturated carbocycles. The summed E-state index contributed by atoms with van der Waals surface area (Å²) in [6.07, 6.45) is -2.42. The van der Waals surface area contributed by atoms with Crippen molar-refractivity contribution in [1.29, 1.82) is 0 Å². The van der Waals surface area contributed by atoms with Crippen LogP contribution in [0, 0.1) is 12.3 Å². The van der Waals surface area contributed by atoms with Gasteiger partial charge in [-0.15, -0.1) is 0 Å². The average Bonchev–Trinajstić information content (AvgIpc) is 2.80. The second-order valence-electron chi connectivity index (χ2n) is 10.2. The first-order valence-electron chi connectivity index (χ1n) is 12.1. The van der Waals surface area contributed by atoms with E-state index in [2.05, 4.69) is 33.5 Å². The summed E-state index contributed by atoms with van der Waals surface area (Å²) >= 11 is 0. The Bertz CT molecular complexity index is 1480. The van der Waals surface area contributed by atoms with Gasteiger partial charge < -0.3 is 15.4 Å². The lowest BCUT2D eigenvalue weighted by atomic mass is 9.99. The quantitative estimate of drug-likeness (QED) is 0.388. The van der Waals surface area contributed by atoms with Gasteiger partial charge in [0.05, 0.1) is 26.6 Å². The van der Waals surface area contributed by atoms with Gasteiger partial charge in [-0.25, -0.2) is 14.2 Å². The molecule has 204 valence electrons. The first-order chi connectivity index (χ1) is 17.8. The van der Waals surface area contributed by atoms with Crippen LogP contribution in [-0.4, -0.2) is 50.9 Å².